The van der Waals surface area contributed by atoms with E-state index in [1.165, 1.54) is 18.5 Å². The minimum atomic E-state index is -5.73. The maximum absolute atomic E-state index is 12.4. The van der Waals surface area contributed by atoms with Crippen molar-refractivity contribution in [1.29, 1.82) is 0 Å². The molecule has 2 aromatic rings. The first-order valence-corrected chi connectivity index (χ1v) is 7.07. The average Bonchev–Trinajstić information content (AvgIpc) is 2.36. The van der Waals surface area contributed by atoms with E-state index < -0.39 is 21.4 Å². The topological polar surface area (TPSA) is 56.3 Å². The molecule has 4 nitrogen and oxygen atoms in total. The zero-order valence-corrected chi connectivity index (χ0v) is 11.6. The van der Waals surface area contributed by atoms with Crippen LogP contribution in [0.1, 0.15) is 12.5 Å². The first kappa shape index (κ1) is 15.3. The van der Waals surface area contributed by atoms with Crippen molar-refractivity contribution in [2.45, 2.75) is 12.4 Å². The highest BCUT2D eigenvalue weighted by molar-refractivity contribution is 7.88. The van der Waals surface area contributed by atoms with Gasteiger partial charge in [0.1, 0.15) is 0 Å². The molecule has 1 aromatic carbocycles. The number of pyridine rings is 1. The van der Waals surface area contributed by atoms with Crippen LogP contribution in [0.3, 0.4) is 0 Å². The summed E-state index contributed by atoms with van der Waals surface area (Å²) in [6.07, 6.45) is 2.95. The smallest absolute Gasteiger partial charge is 0.375 e. The van der Waals surface area contributed by atoms with Gasteiger partial charge in [-0.05, 0) is 36.1 Å². The van der Waals surface area contributed by atoms with Crippen molar-refractivity contribution >= 4 is 26.5 Å². The summed E-state index contributed by atoms with van der Waals surface area (Å²) in [5, 5.41) is 1.14. The van der Waals surface area contributed by atoms with E-state index >= 15 is 0 Å². The molecule has 0 unspecified atom stereocenters. The molecule has 21 heavy (non-hydrogen) atoms. The predicted molar refractivity (Wildman–Crippen MR) is 72.1 cm³/mol. The number of hydrogen-bond acceptors (Lipinski definition) is 4. The van der Waals surface area contributed by atoms with Gasteiger partial charge < -0.3 is 4.18 Å². The fourth-order valence-electron chi connectivity index (χ4n) is 1.82. The van der Waals surface area contributed by atoms with Crippen LogP contribution in [-0.4, -0.2) is 18.9 Å². The van der Waals surface area contributed by atoms with Gasteiger partial charge in [-0.15, -0.1) is 0 Å². The van der Waals surface area contributed by atoms with Crippen LogP contribution in [0.2, 0.25) is 0 Å². The lowest BCUT2D eigenvalue weighted by Crippen LogP contribution is -2.28. The third-order valence-electron chi connectivity index (χ3n) is 2.69. The van der Waals surface area contributed by atoms with Crippen molar-refractivity contribution in [3.8, 4) is 5.75 Å². The predicted octanol–water partition coefficient (Wildman–Crippen LogP) is 3.50. The molecule has 0 amide bonds. The molecular weight excluding hydrogens is 307 g/mol. The Labute approximate surface area is 119 Å². The van der Waals surface area contributed by atoms with Gasteiger partial charge in [0.25, 0.3) is 0 Å². The van der Waals surface area contributed by atoms with Crippen LogP contribution >= 0.6 is 0 Å². The maximum atomic E-state index is 12.4. The molecular formula is C13H10F3NO3S. The van der Waals surface area contributed by atoms with Gasteiger partial charge in [0.2, 0.25) is 0 Å². The second-order valence-corrected chi connectivity index (χ2v) is 5.84. The minimum Gasteiger partial charge on any atom is -0.375 e. The quantitative estimate of drug-likeness (QED) is 0.642. The first-order chi connectivity index (χ1) is 9.63. The van der Waals surface area contributed by atoms with E-state index in [0.29, 0.717) is 16.3 Å². The monoisotopic (exact) mass is 317 g/mol. The summed E-state index contributed by atoms with van der Waals surface area (Å²) in [5.74, 6) is -0.418. The van der Waals surface area contributed by atoms with Crippen LogP contribution < -0.4 is 4.18 Å². The van der Waals surface area contributed by atoms with Gasteiger partial charge >= 0.3 is 15.6 Å². The van der Waals surface area contributed by atoms with E-state index in [-0.39, 0.29) is 5.56 Å². The van der Waals surface area contributed by atoms with E-state index in [0.717, 1.165) is 6.07 Å². The Morgan fingerprint density at radius 2 is 1.95 bits per heavy atom. The summed E-state index contributed by atoms with van der Waals surface area (Å²) in [5.41, 5.74) is -4.92. The van der Waals surface area contributed by atoms with Gasteiger partial charge in [-0.3, -0.25) is 4.98 Å². The average molecular weight is 317 g/mol. The van der Waals surface area contributed by atoms with Crippen LogP contribution in [0.4, 0.5) is 13.2 Å². The number of rotatable bonds is 3. The summed E-state index contributed by atoms with van der Waals surface area (Å²) < 4.78 is 63.8. The van der Waals surface area contributed by atoms with Crippen LogP contribution in [-0.2, 0) is 10.1 Å². The molecule has 112 valence electrons. The molecule has 0 fully saturated rings. The number of hydrogen-bond donors (Lipinski definition) is 0. The van der Waals surface area contributed by atoms with Gasteiger partial charge in [0.05, 0.1) is 0 Å². The Hall–Kier alpha value is -2.09. The third-order valence-corrected chi connectivity index (χ3v) is 3.66. The highest BCUT2D eigenvalue weighted by Gasteiger charge is 2.48. The van der Waals surface area contributed by atoms with Crippen molar-refractivity contribution in [1.82, 2.24) is 4.98 Å². The maximum Gasteiger partial charge on any atom is 0.534 e. The van der Waals surface area contributed by atoms with Gasteiger partial charge in [0.15, 0.2) is 5.75 Å². The molecule has 0 radical (unpaired) electrons. The fourth-order valence-corrected chi connectivity index (χ4v) is 2.29. The van der Waals surface area contributed by atoms with Crippen LogP contribution in [0, 0.1) is 0 Å². The van der Waals surface area contributed by atoms with E-state index in [9.17, 15) is 21.6 Å². The van der Waals surface area contributed by atoms with Crippen molar-refractivity contribution in [2.75, 3.05) is 0 Å². The summed E-state index contributed by atoms with van der Waals surface area (Å²) in [7, 11) is -5.73. The number of benzene rings is 1. The lowest BCUT2D eigenvalue weighted by Gasteiger charge is -2.14. The second-order valence-electron chi connectivity index (χ2n) is 4.30. The Morgan fingerprint density at radius 3 is 2.52 bits per heavy atom. The fraction of sp³-hybridized carbons (Fsp3) is 0.154. The summed E-state index contributed by atoms with van der Waals surface area (Å²) in [6.45, 7) is 5.20. The van der Waals surface area contributed by atoms with E-state index in [2.05, 4.69) is 15.7 Å². The highest BCUT2D eigenvalue weighted by atomic mass is 32.2. The van der Waals surface area contributed by atoms with Crippen LogP contribution in [0.15, 0.2) is 37.2 Å². The first-order valence-electron chi connectivity index (χ1n) is 5.67. The van der Waals surface area contributed by atoms with Crippen molar-refractivity contribution < 1.29 is 25.8 Å². The van der Waals surface area contributed by atoms with E-state index in [1.807, 2.05) is 0 Å². The molecule has 0 N–H and O–H groups in total. The molecule has 0 saturated carbocycles. The standard InChI is InChI=1S/C13H10F3NO3S/c1-8(2)12-10-5-6-17-7-9(10)3-4-11(12)20-21(18,19)13(14,15)16/h3-7H,1H2,2H3. The molecule has 0 aliphatic heterocycles. The van der Waals surface area contributed by atoms with Crippen LogP contribution in [0.25, 0.3) is 16.3 Å². The largest absolute Gasteiger partial charge is 0.534 e. The molecule has 0 atom stereocenters. The number of aromatic nitrogens is 1. The zero-order chi connectivity index (χ0) is 15.8. The molecule has 2 rings (SSSR count). The summed E-state index contributed by atoms with van der Waals surface area (Å²) in [6, 6.07) is 4.12. The number of fused-ring (bicyclic) bond motifs is 1. The number of allylic oxidation sites excluding steroid dienone is 1. The van der Waals surface area contributed by atoms with Gasteiger partial charge in [-0.2, -0.15) is 21.6 Å². The lowest BCUT2D eigenvalue weighted by atomic mass is 10.0. The van der Waals surface area contributed by atoms with E-state index in [1.54, 1.807) is 13.0 Å². The van der Waals surface area contributed by atoms with Crippen molar-refractivity contribution in [3.05, 3.63) is 42.7 Å². The molecule has 1 heterocycles. The normalized spacial score (nSPS) is 12.4. The SMILES string of the molecule is C=C(C)c1c(OS(=O)(=O)C(F)(F)F)ccc2cnccc12. The summed E-state index contributed by atoms with van der Waals surface area (Å²) >= 11 is 0. The molecule has 0 aliphatic rings. The number of alkyl halides is 3. The molecule has 0 saturated heterocycles. The Balaban J connectivity index is 2.66. The Kier molecular flexibility index (Phi) is 3.66. The van der Waals surface area contributed by atoms with Gasteiger partial charge in [-0.25, -0.2) is 0 Å². The minimum absolute atomic E-state index is 0.197. The van der Waals surface area contributed by atoms with Crippen molar-refractivity contribution in [3.63, 3.8) is 0 Å². The molecule has 0 aliphatic carbocycles. The summed E-state index contributed by atoms with van der Waals surface area (Å²) in [4.78, 5) is 3.89. The van der Waals surface area contributed by atoms with Crippen molar-refractivity contribution in [2.24, 2.45) is 0 Å². The zero-order valence-electron chi connectivity index (χ0n) is 10.8. The van der Waals surface area contributed by atoms with E-state index in [4.69, 9.17) is 0 Å². The lowest BCUT2D eigenvalue weighted by molar-refractivity contribution is -0.0500. The third kappa shape index (κ3) is 2.85. The number of halogens is 3. The second kappa shape index (κ2) is 5.03. The molecule has 8 heteroatoms. The highest BCUT2D eigenvalue weighted by Crippen LogP contribution is 2.35. The number of nitrogens with zero attached hydrogens (tertiary/aromatic N) is 1. The molecule has 0 bridgehead atoms. The molecule has 0 spiro atoms. The van der Waals surface area contributed by atoms with Gasteiger partial charge in [0, 0.05) is 23.3 Å². The Bertz CT molecular complexity index is 813. The van der Waals surface area contributed by atoms with Crippen LogP contribution in [0.5, 0.6) is 5.75 Å². The molecule has 1 aromatic heterocycles. The van der Waals surface area contributed by atoms with Gasteiger partial charge in [-0.1, -0.05) is 6.58 Å². The Morgan fingerprint density at radius 1 is 1.29 bits per heavy atom.